The minimum absolute atomic E-state index is 0.00692. The lowest BCUT2D eigenvalue weighted by molar-refractivity contribution is -0.125. The second-order valence-corrected chi connectivity index (χ2v) is 7.12. The molecule has 1 aliphatic rings. The van der Waals surface area contributed by atoms with Crippen molar-refractivity contribution in [2.75, 3.05) is 27.2 Å². The van der Waals surface area contributed by atoms with Crippen molar-refractivity contribution in [2.45, 2.75) is 24.9 Å². The van der Waals surface area contributed by atoms with E-state index < -0.39 is 0 Å². The van der Waals surface area contributed by atoms with Gasteiger partial charge in [-0.1, -0.05) is 30.3 Å². The molecule has 0 unspecified atom stereocenters. The number of likely N-dealkylation sites (N-methyl/N-ethyl adjacent to an activating group) is 1. The molecular weight excluding hydrogens is 354 g/mol. The van der Waals surface area contributed by atoms with Gasteiger partial charge >= 0.3 is 0 Å². The van der Waals surface area contributed by atoms with E-state index in [1.165, 1.54) is 0 Å². The Morgan fingerprint density at radius 1 is 1.11 bits per heavy atom. The number of hydrogen-bond acceptors (Lipinski definition) is 4. The number of likely N-dealkylation sites (tertiary alicyclic amines) is 1. The Morgan fingerprint density at radius 3 is 2.50 bits per heavy atom. The van der Waals surface area contributed by atoms with E-state index in [9.17, 15) is 9.59 Å². The van der Waals surface area contributed by atoms with Crippen LogP contribution in [0.15, 0.2) is 54.6 Å². The smallest absolute Gasteiger partial charge is 0.251 e. The fraction of sp³-hybridized carbons (Fsp3) is 0.364. The van der Waals surface area contributed by atoms with E-state index in [1.54, 1.807) is 19.2 Å². The van der Waals surface area contributed by atoms with E-state index in [4.69, 9.17) is 4.74 Å². The molecule has 6 nitrogen and oxygen atoms in total. The van der Waals surface area contributed by atoms with Gasteiger partial charge in [0.2, 0.25) is 5.91 Å². The van der Waals surface area contributed by atoms with Gasteiger partial charge in [0.05, 0.1) is 13.2 Å². The molecule has 0 aliphatic carbocycles. The molecule has 1 heterocycles. The van der Waals surface area contributed by atoms with Gasteiger partial charge < -0.3 is 15.4 Å². The van der Waals surface area contributed by atoms with Gasteiger partial charge in [0.1, 0.15) is 5.75 Å². The number of nitrogens with one attached hydrogen (secondary N) is 2. The Morgan fingerprint density at radius 2 is 1.82 bits per heavy atom. The maximum Gasteiger partial charge on any atom is 0.251 e. The zero-order chi connectivity index (χ0) is 19.9. The molecular formula is C22H27N3O3. The molecule has 3 rings (SSSR count). The average Bonchev–Trinajstić information content (AvgIpc) is 3.09. The van der Waals surface area contributed by atoms with Gasteiger partial charge in [0, 0.05) is 24.7 Å². The monoisotopic (exact) mass is 381 g/mol. The first-order chi connectivity index (χ1) is 13.6. The Bertz CT molecular complexity index is 792. The number of carbonyl (C=O) groups excluding carboxylic acids is 2. The first-order valence-electron chi connectivity index (χ1n) is 9.53. The van der Waals surface area contributed by atoms with Gasteiger partial charge in [0.25, 0.3) is 5.91 Å². The molecule has 0 saturated carbocycles. The fourth-order valence-electron chi connectivity index (χ4n) is 3.51. The molecule has 28 heavy (non-hydrogen) atoms. The first-order valence-corrected chi connectivity index (χ1v) is 9.53. The van der Waals surface area contributed by atoms with Gasteiger partial charge in [-0.05, 0) is 49.7 Å². The highest BCUT2D eigenvalue weighted by Crippen LogP contribution is 2.17. The SMILES string of the molecule is COc1ccc(CCNC(=O)[C@@H]2C[C@H](NC(=O)c3ccccc3)CN2C)cc1. The number of amides is 2. The summed E-state index contributed by atoms with van der Waals surface area (Å²) in [5, 5.41) is 6.04. The third-order valence-electron chi connectivity index (χ3n) is 5.09. The molecule has 1 fully saturated rings. The minimum Gasteiger partial charge on any atom is -0.497 e. The molecule has 2 atom stereocenters. The summed E-state index contributed by atoms with van der Waals surface area (Å²) < 4.78 is 5.15. The third kappa shape index (κ3) is 5.10. The number of hydrogen-bond donors (Lipinski definition) is 2. The second-order valence-electron chi connectivity index (χ2n) is 7.12. The topological polar surface area (TPSA) is 70.7 Å². The molecule has 0 radical (unpaired) electrons. The van der Waals surface area contributed by atoms with E-state index in [0.29, 0.717) is 25.1 Å². The van der Waals surface area contributed by atoms with Crippen LogP contribution >= 0.6 is 0 Å². The van der Waals surface area contributed by atoms with Gasteiger partial charge in [-0.25, -0.2) is 0 Å². The molecule has 2 aromatic carbocycles. The van der Waals surface area contributed by atoms with E-state index in [0.717, 1.165) is 17.7 Å². The lowest BCUT2D eigenvalue weighted by Gasteiger charge is -2.18. The summed E-state index contributed by atoms with van der Waals surface area (Å²) in [6.45, 7) is 1.24. The third-order valence-corrected chi connectivity index (χ3v) is 5.09. The van der Waals surface area contributed by atoms with Crippen molar-refractivity contribution >= 4 is 11.8 Å². The minimum atomic E-state index is -0.225. The summed E-state index contributed by atoms with van der Waals surface area (Å²) in [5.41, 5.74) is 1.78. The van der Waals surface area contributed by atoms with Crippen molar-refractivity contribution in [1.82, 2.24) is 15.5 Å². The number of ether oxygens (including phenoxy) is 1. The van der Waals surface area contributed by atoms with Crippen LogP contribution in [0.4, 0.5) is 0 Å². The molecule has 0 aromatic heterocycles. The number of methoxy groups -OCH3 is 1. The predicted octanol–water partition coefficient (Wildman–Crippen LogP) is 1.86. The summed E-state index contributed by atoms with van der Waals surface area (Å²) in [6, 6.07) is 16.7. The molecule has 1 saturated heterocycles. The number of nitrogens with zero attached hydrogens (tertiary/aromatic N) is 1. The quantitative estimate of drug-likeness (QED) is 0.768. The predicted molar refractivity (Wildman–Crippen MR) is 108 cm³/mol. The Kier molecular flexibility index (Phi) is 6.66. The maximum atomic E-state index is 12.6. The van der Waals surface area contributed by atoms with Crippen LogP contribution in [0.25, 0.3) is 0 Å². The Balaban J connectivity index is 1.45. The van der Waals surface area contributed by atoms with Crippen LogP contribution in [0.3, 0.4) is 0 Å². The van der Waals surface area contributed by atoms with Crippen LogP contribution < -0.4 is 15.4 Å². The summed E-state index contributed by atoms with van der Waals surface area (Å²) in [7, 11) is 3.56. The Labute approximate surface area is 165 Å². The summed E-state index contributed by atoms with van der Waals surface area (Å²) in [6.07, 6.45) is 1.38. The largest absolute Gasteiger partial charge is 0.497 e. The highest BCUT2D eigenvalue weighted by Gasteiger charge is 2.35. The van der Waals surface area contributed by atoms with Crippen molar-refractivity contribution in [3.8, 4) is 5.75 Å². The van der Waals surface area contributed by atoms with E-state index >= 15 is 0 Å². The summed E-state index contributed by atoms with van der Waals surface area (Å²) in [5.74, 6) is 0.732. The average molecular weight is 381 g/mol. The van der Waals surface area contributed by atoms with Gasteiger partial charge in [-0.2, -0.15) is 0 Å². The number of rotatable bonds is 7. The molecule has 6 heteroatoms. The van der Waals surface area contributed by atoms with Gasteiger partial charge in [0.15, 0.2) is 0 Å². The molecule has 2 aromatic rings. The highest BCUT2D eigenvalue weighted by atomic mass is 16.5. The molecule has 2 N–H and O–H groups in total. The van der Waals surface area contributed by atoms with Gasteiger partial charge in [-0.3, -0.25) is 14.5 Å². The molecule has 0 spiro atoms. The van der Waals surface area contributed by atoms with Crippen LogP contribution in [0.1, 0.15) is 22.3 Å². The van der Waals surface area contributed by atoms with Crippen LogP contribution in [-0.4, -0.2) is 56.0 Å². The number of carbonyl (C=O) groups is 2. The molecule has 148 valence electrons. The lowest BCUT2D eigenvalue weighted by atomic mass is 10.1. The van der Waals surface area contributed by atoms with E-state index in [1.807, 2.05) is 54.4 Å². The van der Waals surface area contributed by atoms with E-state index in [-0.39, 0.29) is 23.9 Å². The van der Waals surface area contributed by atoms with E-state index in [2.05, 4.69) is 10.6 Å². The normalized spacial score (nSPS) is 19.2. The van der Waals surface area contributed by atoms with Crippen molar-refractivity contribution < 1.29 is 14.3 Å². The molecule has 0 bridgehead atoms. The maximum absolute atomic E-state index is 12.6. The van der Waals surface area contributed by atoms with Crippen molar-refractivity contribution in [3.05, 3.63) is 65.7 Å². The first kappa shape index (κ1) is 19.9. The van der Waals surface area contributed by atoms with Crippen molar-refractivity contribution in [3.63, 3.8) is 0 Å². The zero-order valence-electron chi connectivity index (χ0n) is 16.4. The van der Waals surface area contributed by atoms with Crippen molar-refractivity contribution in [1.29, 1.82) is 0 Å². The zero-order valence-corrected chi connectivity index (χ0v) is 16.4. The second kappa shape index (κ2) is 9.37. The standard InChI is InChI=1S/C22H27N3O3/c1-25-15-18(24-21(26)17-6-4-3-5-7-17)14-20(25)22(27)23-13-12-16-8-10-19(28-2)11-9-16/h3-11,18,20H,12-15H2,1-2H3,(H,23,27)(H,24,26)/t18-,20-/m0/s1. The highest BCUT2D eigenvalue weighted by molar-refractivity contribution is 5.94. The molecule has 2 amide bonds. The summed E-state index contributed by atoms with van der Waals surface area (Å²) in [4.78, 5) is 26.9. The summed E-state index contributed by atoms with van der Waals surface area (Å²) >= 11 is 0. The van der Waals surface area contributed by atoms with Crippen LogP contribution in [0, 0.1) is 0 Å². The fourth-order valence-corrected chi connectivity index (χ4v) is 3.51. The lowest BCUT2D eigenvalue weighted by Crippen LogP contribution is -2.42. The van der Waals surface area contributed by atoms with Crippen LogP contribution in [0.2, 0.25) is 0 Å². The molecule has 1 aliphatic heterocycles. The van der Waals surface area contributed by atoms with Crippen molar-refractivity contribution in [2.24, 2.45) is 0 Å². The van der Waals surface area contributed by atoms with Crippen LogP contribution in [0.5, 0.6) is 5.75 Å². The Hall–Kier alpha value is -2.86. The number of benzene rings is 2. The van der Waals surface area contributed by atoms with Gasteiger partial charge in [-0.15, -0.1) is 0 Å². The van der Waals surface area contributed by atoms with Crippen LogP contribution in [-0.2, 0) is 11.2 Å².